The average Bonchev–Trinajstić information content (AvgIpc) is 2.89. The first kappa shape index (κ1) is 23.9. The molecule has 9 heteroatoms. The van der Waals surface area contributed by atoms with Crippen LogP contribution in [0.4, 0.5) is 4.79 Å². The molecule has 1 atom stereocenters. The Kier molecular flexibility index (Phi) is 7.69. The number of fused-ring (bicyclic) bond motifs is 1. The van der Waals surface area contributed by atoms with E-state index in [4.69, 9.17) is 15.2 Å². The van der Waals surface area contributed by atoms with Crippen molar-refractivity contribution in [2.45, 2.75) is 26.0 Å². The van der Waals surface area contributed by atoms with Crippen LogP contribution in [0.15, 0.2) is 77.7 Å². The van der Waals surface area contributed by atoms with Crippen molar-refractivity contribution in [3.05, 3.63) is 94.7 Å². The van der Waals surface area contributed by atoms with Crippen LogP contribution in [-0.2, 0) is 11.3 Å². The zero-order valence-corrected chi connectivity index (χ0v) is 19.4. The molecule has 2 aromatic heterocycles. The maximum atomic E-state index is 13.5. The van der Waals surface area contributed by atoms with Crippen LogP contribution < -0.4 is 21.3 Å². The van der Waals surface area contributed by atoms with Crippen molar-refractivity contribution < 1.29 is 14.3 Å². The number of nitrogens with zero attached hydrogens (tertiary/aromatic N) is 3. The first-order valence-corrected chi connectivity index (χ1v) is 11.4. The molecule has 0 aliphatic rings. The predicted octanol–water partition coefficient (Wildman–Crippen LogP) is 3.50. The van der Waals surface area contributed by atoms with E-state index in [9.17, 15) is 9.59 Å². The summed E-state index contributed by atoms with van der Waals surface area (Å²) in [6.45, 7) is 2.79. The monoisotopic (exact) mass is 473 g/mol. The number of aromatic nitrogens is 3. The van der Waals surface area contributed by atoms with Crippen molar-refractivity contribution in [3.8, 4) is 11.4 Å². The van der Waals surface area contributed by atoms with E-state index in [1.807, 2.05) is 37.3 Å². The highest BCUT2D eigenvalue weighted by atomic mass is 16.5. The molecule has 35 heavy (non-hydrogen) atoms. The molecule has 0 unspecified atom stereocenters. The number of carbonyl (C=O) groups excluding carboxylic acids is 1. The Bertz CT molecular complexity index is 1340. The summed E-state index contributed by atoms with van der Waals surface area (Å²) in [6.07, 6.45) is 1.27. The minimum absolute atomic E-state index is 0.112. The standard InChI is InChI=1S/C26H27N5O4/c1-2-34-20-12-10-19(11-13-20)31-24(30-23-21(25(31)32)9-6-16-28-23)22(14-15-27)29-26(33)35-17-18-7-4-3-5-8-18/h3-13,16,22H,2,14-15,17,27H2,1H3,(H,29,33)/t22-/m1/s1. The summed E-state index contributed by atoms with van der Waals surface area (Å²) in [4.78, 5) is 35.1. The van der Waals surface area contributed by atoms with Gasteiger partial charge >= 0.3 is 6.09 Å². The van der Waals surface area contributed by atoms with Gasteiger partial charge in [-0.15, -0.1) is 0 Å². The molecule has 180 valence electrons. The van der Waals surface area contributed by atoms with Gasteiger partial charge in [0.25, 0.3) is 5.56 Å². The summed E-state index contributed by atoms with van der Waals surface area (Å²) in [6, 6.07) is 19.1. The van der Waals surface area contributed by atoms with Crippen molar-refractivity contribution in [2.75, 3.05) is 13.2 Å². The first-order chi connectivity index (χ1) is 17.1. The van der Waals surface area contributed by atoms with E-state index in [1.165, 1.54) is 4.57 Å². The van der Waals surface area contributed by atoms with E-state index in [-0.39, 0.29) is 24.4 Å². The largest absolute Gasteiger partial charge is 0.494 e. The van der Waals surface area contributed by atoms with Gasteiger partial charge in [0.2, 0.25) is 0 Å². The third-order valence-electron chi connectivity index (χ3n) is 5.35. The second-order valence-corrected chi connectivity index (χ2v) is 7.75. The topological polar surface area (TPSA) is 121 Å². The predicted molar refractivity (Wildman–Crippen MR) is 132 cm³/mol. The van der Waals surface area contributed by atoms with Crippen LogP contribution in [0.1, 0.15) is 30.8 Å². The Hall–Kier alpha value is -4.24. The molecule has 0 spiro atoms. The molecule has 9 nitrogen and oxygen atoms in total. The molecular weight excluding hydrogens is 446 g/mol. The molecule has 0 saturated heterocycles. The van der Waals surface area contributed by atoms with Gasteiger partial charge in [-0.1, -0.05) is 30.3 Å². The summed E-state index contributed by atoms with van der Waals surface area (Å²) in [5, 5.41) is 3.19. The summed E-state index contributed by atoms with van der Waals surface area (Å²) < 4.78 is 12.4. The molecule has 0 saturated carbocycles. The van der Waals surface area contributed by atoms with Gasteiger partial charge in [-0.25, -0.2) is 14.8 Å². The molecule has 3 N–H and O–H groups in total. The normalized spacial score (nSPS) is 11.7. The van der Waals surface area contributed by atoms with E-state index >= 15 is 0 Å². The lowest BCUT2D eigenvalue weighted by Gasteiger charge is -2.22. The van der Waals surface area contributed by atoms with E-state index < -0.39 is 12.1 Å². The molecule has 0 aliphatic carbocycles. The number of rotatable bonds is 9. The van der Waals surface area contributed by atoms with E-state index in [1.54, 1.807) is 42.6 Å². The van der Waals surface area contributed by atoms with Crippen LogP contribution in [0.5, 0.6) is 5.75 Å². The zero-order chi connectivity index (χ0) is 24.6. The van der Waals surface area contributed by atoms with E-state index in [0.717, 1.165) is 5.56 Å². The zero-order valence-electron chi connectivity index (χ0n) is 19.4. The van der Waals surface area contributed by atoms with Crippen LogP contribution in [0.3, 0.4) is 0 Å². The van der Waals surface area contributed by atoms with Gasteiger partial charge in [-0.2, -0.15) is 0 Å². The van der Waals surface area contributed by atoms with Gasteiger partial charge in [-0.05, 0) is 61.9 Å². The molecule has 0 bridgehead atoms. The molecule has 4 aromatic rings. The Morgan fingerprint density at radius 1 is 1.09 bits per heavy atom. The van der Waals surface area contributed by atoms with Gasteiger partial charge in [0.05, 0.1) is 23.7 Å². The lowest BCUT2D eigenvalue weighted by Crippen LogP contribution is -2.36. The third kappa shape index (κ3) is 5.64. The summed E-state index contributed by atoms with van der Waals surface area (Å²) in [5.41, 5.74) is 7.28. The Labute approximate surface area is 202 Å². The molecule has 2 heterocycles. The number of benzene rings is 2. The van der Waals surface area contributed by atoms with Crippen molar-refractivity contribution in [1.82, 2.24) is 19.9 Å². The number of pyridine rings is 1. The van der Waals surface area contributed by atoms with Crippen LogP contribution >= 0.6 is 0 Å². The van der Waals surface area contributed by atoms with E-state index in [0.29, 0.717) is 35.7 Å². The molecule has 4 rings (SSSR count). The highest BCUT2D eigenvalue weighted by molar-refractivity contribution is 5.74. The van der Waals surface area contributed by atoms with Crippen LogP contribution in [0.25, 0.3) is 16.7 Å². The quantitative estimate of drug-likeness (QED) is 0.382. The Balaban J connectivity index is 1.71. The molecule has 0 radical (unpaired) electrons. The fraction of sp³-hybridized carbons (Fsp3) is 0.231. The van der Waals surface area contributed by atoms with Crippen molar-refractivity contribution in [1.29, 1.82) is 0 Å². The molecule has 0 aliphatic heterocycles. The van der Waals surface area contributed by atoms with Crippen molar-refractivity contribution in [2.24, 2.45) is 5.73 Å². The Morgan fingerprint density at radius 3 is 2.57 bits per heavy atom. The fourth-order valence-electron chi connectivity index (χ4n) is 3.72. The fourth-order valence-corrected chi connectivity index (χ4v) is 3.72. The maximum Gasteiger partial charge on any atom is 0.408 e. The number of hydrogen-bond acceptors (Lipinski definition) is 7. The number of hydrogen-bond donors (Lipinski definition) is 2. The summed E-state index contributed by atoms with van der Waals surface area (Å²) in [7, 11) is 0. The maximum absolute atomic E-state index is 13.5. The SMILES string of the molecule is CCOc1ccc(-n2c([C@@H](CCN)NC(=O)OCc3ccccc3)nc3ncccc3c2=O)cc1. The second-order valence-electron chi connectivity index (χ2n) is 7.75. The number of nitrogens with two attached hydrogens (primary N) is 1. The molecule has 0 fully saturated rings. The van der Waals surface area contributed by atoms with Gasteiger partial charge < -0.3 is 20.5 Å². The Morgan fingerprint density at radius 2 is 1.86 bits per heavy atom. The van der Waals surface area contributed by atoms with Gasteiger partial charge in [0.1, 0.15) is 18.2 Å². The minimum atomic E-state index is -0.686. The van der Waals surface area contributed by atoms with Gasteiger partial charge in [0, 0.05) is 6.20 Å². The second kappa shape index (κ2) is 11.3. The van der Waals surface area contributed by atoms with Crippen LogP contribution in [0.2, 0.25) is 0 Å². The van der Waals surface area contributed by atoms with Gasteiger partial charge in [0.15, 0.2) is 5.65 Å². The van der Waals surface area contributed by atoms with Crippen LogP contribution in [-0.4, -0.2) is 33.8 Å². The van der Waals surface area contributed by atoms with E-state index in [2.05, 4.69) is 15.3 Å². The smallest absolute Gasteiger partial charge is 0.408 e. The number of amides is 1. The van der Waals surface area contributed by atoms with Gasteiger partial charge in [-0.3, -0.25) is 9.36 Å². The van der Waals surface area contributed by atoms with Crippen LogP contribution in [0, 0.1) is 0 Å². The lowest BCUT2D eigenvalue weighted by atomic mass is 10.1. The van der Waals surface area contributed by atoms with Crippen molar-refractivity contribution >= 4 is 17.1 Å². The molecule has 1 amide bonds. The molecular formula is C26H27N5O4. The number of carbonyl (C=O) groups is 1. The third-order valence-corrected chi connectivity index (χ3v) is 5.35. The first-order valence-electron chi connectivity index (χ1n) is 11.4. The lowest BCUT2D eigenvalue weighted by molar-refractivity contribution is 0.134. The highest BCUT2D eigenvalue weighted by Crippen LogP contribution is 2.22. The molecule has 2 aromatic carbocycles. The highest BCUT2D eigenvalue weighted by Gasteiger charge is 2.23. The van der Waals surface area contributed by atoms with Crippen molar-refractivity contribution in [3.63, 3.8) is 0 Å². The summed E-state index contributed by atoms with van der Waals surface area (Å²) in [5.74, 6) is 0.995. The average molecular weight is 474 g/mol. The summed E-state index contributed by atoms with van der Waals surface area (Å²) >= 11 is 0. The minimum Gasteiger partial charge on any atom is -0.494 e. The number of nitrogens with one attached hydrogen (secondary N) is 1. The number of alkyl carbamates (subject to hydrolysis) is 1. The number of ether oxygens (including phenoxy) is 2.